The van der Waals surface area contributed by atoms with E-state index in [2.05, 4.69) is 5.32 Å². The maximum absolute atomic E-state index is 12.1. The first kappa shape index (κ1) is 14.6. The van der Waals surface area contributed by atoms with Crippen molar-refractivity contribution in [1.82, 2.24) is 0 Å². The molecule has 0 aliphatic heterocycles. The third kappa shape index (κ3) is 3.59. The normalized spacial score (nSPS) is 10.3. The zero-order valence-electron chi connectivity index (χ0n) is 11.6. The van der Waals surface area contributed by atoms with Crippen LogP contribution in [0.4, 0.5) is 5.69 Å². The van der Waals surface area contributed by atoms with Crippen LogP contribution in [0.3, 0.4) is 0 Å². The number of thiophene rings is 1. The van der Waals surface area contributed by atoms with Crippen molar-refractivity contribution in [3.05, 3.63) is 45.6 Å². The molecule has 0 saturated heterocycles. The van der Waals surface area contributed by atoms with Gasteiger partial charge in [0.1, 0.15) is 12.4 Å². The van der Waals surface area contributed by atoms with Gasteiger partial charge in [-0.15, -0.1) is 11.3 Å². The van der Waals surface area contributed by atoms with Crippen LogP contribution in [0.15, 0.2) is 30.3 Å². The molecule has 0 aliphatic rings. The van der Waals surface area contributed by atoms with E-state index in [4.69, 9.17) is 10.5 Å². The number of hydrogen-bond donors (Lipinski definition) is 2. The number of aryl methyl sites for hydroxylation is 2. The third-order valence-corrected chi connectivity index (χ3v) is 4.02. The summed E-state index contributed by atoms with van der Waals surface area (Å²) in [4.78, 5) is 14.0. The Morgan fingerprint density at radius 2 is 2.15 bits per heavy atom. The summed E-state index contributed by atoms with van der Waals surface area (Å²) in [6, 6.07) is 9.21. The molecule has 5 heteroatoms. The van der Waals surface area contributed by atoms with E-state index in [0.717, 1.165) is 10.4 Å². The predicted molar refractivity (Wildman–Crippen MR) is 82.7 cm³/mol. The number of amides is 1. The Bertz CT molecular complexity index is 588. The molecule has 106 valence electrons. The van der Waals surface area contributed by atoms with Crippen LogP contribution >= 0.6 is 11.3 Å². The summed E-state index contributed by atoms with van der Waals surface area (Å²) >= 11 is 1.50. The minimum Gasteiger partial charge on any atom is -0.492 e. The average molecular weight is 290 g/mol. The Morgan fingerprint density at radius 3 is 2.80 bits per heavy atom. The lowest BCUT2D eigenvalue weighted by Gasteiger charge is -2.07. The van der Waals surface area contributed by atoms with Crippen molar-refractivity contribution in [2.45, 2.75) is 13.8 Å². The zero-order valence-corrected chi connectivity index (χ0v) is 12.4. The number of ether oxygens (including phenoxy) is 1. The van der Waals surface area contributed by atoms with Gasteiger partial charge in [0.25, 0.3) is 5.91 Å². The van der Waals surface area contributed by atoms with Crippen molar-refractivity contribution in [3.63, 3.8) is 0 Å². The number of anilines is 1. The van der Waals surface area contributed by atoms with Crippen molar-refractivity contribution in [1.29, 1.82) is 0 Å². The van der Waals surface area contributed by atoms with Crippen LogP contribution in [0, 0.1) is 13.8 Å². The maximum atomic E-state index is 12.1. The highest BCUT2D eigenvalue weighted by Crippen LogP contribution is 2.23. The fourth-order valence-corrected chi connectivity index (χ4v) is 2.65. The summed E-state index contributed by atoms with van der Waals surface area (Å²) in [5.41, 5.74) is 7.25. The number of carbonyl (C=O) groups is 1. The summed E-state index contributed by atoms with van der Waals surface area (Å²) in [7, 11) is 0. The lowest BCUT2D eigenvalue weighted by molar-refractivity contribution is 0.103. The SMILES string of the molecule is Cc1cc(C(=O)Nc2cccc(OCCN)c2)sc1C. The second-order valence-corrected chi connectivity index (χ2v) is 5.73. The molecule has 4 nitrogen and oxygen atoms in total. The molecule has 0 aliphatic carbocycles. The van der Waals surface area contributed by atoms with Gasteiger partial charge in [0.05, 0.1) is 4.88 Å². The van der Waals surface area contributed by atoms with Gasteiger partial charge < -0.3 is 15.8 Å². The molecule has 1 aromatic carbocycles. The molecule has 0 unspecified atom stereocenters. The molecule has 0 spiro atoms. The molecule has 0 radical (unpaired) electrons. The van der Waals surface area contributed by atoms with Gasteiger partial charge in [-0.05, 0) is 37.6 Å². The minimum atomic E-state index is -0.0952. The van der Waals surface area contributed by atoms with Gasteiger partial charge in [0, 0.05) is 23.2 Å². The van der Waals surface area contributed by atoms with E-state index in [1.807, 2.05) is 38.1 Å². The predicted octanol–water partition coefficient (Wildman–Crippen LogP) is 2.95. The summed E-state index contributed by atoms with van der Waals surface area (Å²) in [6.45, 7) is 4.94. The van der Waals surface area contributed by atoms with E-state index < -0.39 is 0 Å². The Balaban J connectivity index is 2.07. The average Bonchev–Trinajstić information content (AvgIpc) is 2.77. The Hall–Kier alpha value is -1.85. The molecule has 0 atom stereocenters. The van der Waals surface area contributed by atoms with Crippen LogP contribution in [0.25, 0.3) is 0 Å². The van der Waals surface area contributed by atoms with Crippen molar-refractivity contribution in [2.75, 3.05) is 18.5 Å². The highest BCUT2D eigenvalue weighted by Gasteiger charge is 2.11. The third-order valence-electron chi connectivity index (χ3n) is 2.87. The van der Waals surface area contributed by atoms with Gasteiger partial charge in [0.15, 0.2) is 0 Å². The molecule has 1 heterocycles. The standard InChI is InChI=1S/C15H18N2O2S/c1-10-8-14(20-11(10)2)15(18)17-12-4-3-5-13(9-12)19-7-6-16/h3-5,8-9H,6-7,16H2,1-2H3,(H,17,18). The van der Waals surface area contributed by atoms with Crippen LogP contribution in [0.2, 0.25) is 0 Å². The topological polar surface area (TPSA) is 64.3 Å². The highest BCUT2D eigenvalue weighted by atomic mass is 32.1. The van der Waals surface area contributed by atoms with Gasteiger partial charge in [0.2, 0.25) is 0 Å². The van der Waals surface area contributed by atoms with Crippen LogP contribution in [0.5, 0.6) is 5.75 Å². The Labute approximate surface area is 122 Å². The van der Waals surface area contributed by atoms with Crippen molar-refractivity contribution < 1.29 is 9.53 Å². The molecule has 1 amide bonds. The largest absolute Gasteiger partial charge is 0.492 e. The first-order chi connectivity index (χ1) is 9.60. The van der Waals surface area contributed by atoms with Crippen LogP contribution in [-0.2, 0) is 0 Å². The summed E-state index contributed by atoms with van der Waals surface area (Å²) in [5.74, 6) is 0.606. The molecule has 0 bridgehead atoms. The number of hydrogen-bond acceptors (Lipinski definition) is 4. The van der Waals surface area contributed by atoms with E-state index in [0.29, 0.717) is 29.5 Å². The quantitative estimate of drug-likeness (QED) is 0.890. The Morgan fingerprint density at radius 1 is 1.35 bits per heavy atom. The van der Waals surface area contributed by atoms with Gasteiger partial charge in [-0.2, -0.15) is 0 Å². The number of nitrogens with one attached hydrogen (secondary N) is 1. The lowest BCUT2D eigenvalue weighted by atomic mass is 10.2. The molecule has 1 aromatic heterocycles. The molecule has 3 N–H and O–H groups in total. The maximum Gasteiger partial charge on any atom is 0.265 e. The highest BCUT2D eigenvalue weighted by molar-refractivity contribution is 7.14. The van der Waals surface area contributed by atoms with E-state index in [-0.39, 0.29) is 5.91 Å². The molecule has 0 fully saturated rings. The van der Waals surface area contributed by atoms with Gasteiger partial charge >= 0.3 is 0 Å². The van der Waals surface area contributed by atoms with Crippen molar-refractivity contribution in [3.8, 4) is 5.75 Å². The first-order valence-corrected chi connectivity index (χ1v) is 7.23. The van der Waals surface area contributed by atoms with Crippen LogP contribution < -0.4 is 15.8 Å². The second-order valence-electron chi connectivity index (χ2n) is 4.47. The monoisotopic (exact) mass is 290 g/mol. The molecule has 20 heavy (non-hydrogen) atoms. The second kappa shape index (κ2) is 6.54. The fourth-order valence-electron chi connectivity index (χ4n) is 1.72. The molecule has 2 rings (SSSR count). The van der Waals surface area contributed by atoms with Gasteiger partial charge in [-0.25, -0.2) is 0 Å². The van der Waals surface area contributed by atoms with Gasteiger partial charge in [-0.1, -0.05) is 6.07 Å². The van der Waals surface area contributed by atoms with E-state index >= 15 is 0 Å². The summed E-state index contributed by atoms with van der Waals surface area (Å²) in [5, 5.41) is 2.88. The summed E-state index contributed by atoms with van der Waals surface area (Å²) in [6.07, 6.45) is 0. The molecular formula is C15H18N2O2S. The van der Waals surface area contributed by atoms with Gasteiger partial charge in [-0.3, -0.25) is 4.79 Å². The summed E-state index contributed by atoms with van der Waals surface area (Å²) < 4.78 is 5.43. The van der Waals surface area contributed by atoms with E-state index in [1.54, 1.807) is 6.07 Å². The fraction of sp³-hybridized carbons (Fsp3) is 0.267. The minimum absolute atomic E-state index is 0.0952. The number of carbonyl (C=O) groups excluding carboxylic acids is 1. The zero-order chi connectivity index (χ0) is 14.5. The first-order valence-electron chi connectivity index (χ1n) is 6.41. The van der Waals surface area contributed by atoms with Crippen molar-refractivity contribution in [2.24, 2.45) is 5.73 Å². The Kier molecular flexibility index (Phi) is 4.76. The number of nitrogens with two attached hydrogens (primary N) is 1. The van der Waals surface area contributed by atoms with E-state index in [1.165, 1.54) is 11.3 Å². The van der Waals surface area contributed by atoms with Crippen molar-refractivity contribution >= 4 is 22.9 Å². The smallest absolute Gasteiger partial charge is 0.265 e. The molecule has 2 aromatic rings. The molecule has 0 saturated carbocycles. The van der Waals surface area contributed by atoms with Crippen LogP contribution in [0.1, 0.15) is 20.1 Å². The molecular weight excluding hydrogens is 272 g/mol. The van der Waals surface area contributed by atoms with E-state index in [9.17, 15) is 4.79 Å². The number of rotatable bonds is 5. The lowest BCUT2D eigenvalue weighted by Crippen LogP contribution is -2.12. The van der Waals surface area contributed by atoms with Crippen LogP contribution in [-0.4, -0.2) is 19.1 Å². The number of benzene rings is 1.